The lowest BCUT2D eigenvalue weighted by molar-refractivity contribution is -0.119. The zero-order valence-corrected chi connectivity index (χ0v) is 14.9. The van der Waals surface area contributed by atoms with Crippen molar-refractivity contribution in [3.63, 3.8) is 0 Å². The highest BCUT2D eigenvalue weighted by molar-refractivity contribution is 9.10. The fraction of sp³-hybridized carbons (Fsp3) is 0.105. The van der Waals surface area contributed by atoms with Crippen LogP contribution in [0.15, 0.2) is 65.3 Å². The first kappa shape index (κ1) is 17.1. The monoisotopic (exact) mass is 397 g/mol. The van der Waals surface area contributed by atoms with Gasteiger partial charge in [-0.15, -0.1) is 0 Å². The molecule has 0 fully saturated rings. The number of fused-ring (bicyclic) bond motifs is 1. The zero-order chi connectivity index (χ0) is 17.8. The maximum atomic E-state index is 12.5. The summed E-state index contributed by atoms with van der Waals surface area (Å²) in [6.45, 7) is 0. The predicted octanol–water partition coefficient (Wildman–Crippen LogP) is 2.82. The minimum absolute atomic E-state index is 0.321. The minimum atomic E-state index is -0.798. The second-order valence-corrected chi connectivity index (χ2v) is 6.59. The third kappa shape index (κ3) is 4.22. The van der Waals surface area contributed by atoms with Crippen molar-refractivity contribution >= 4 is 38.6 Å². The number of nitrogens with two attached hydrogens (primary N) is 1. The second-order valence-electron chi connectivity index (χ2n) is 5.68. The Labute approximate surface area is 153 Å². The van der Waals surface area contributed by atoms with Crippen molar-refractivity contribution in [2.75, 3.05) is 0 Å². The second kappa shape index (κ2) is 7.44. The molecule has 3 aromatic rings. The first-order valence-electron chi connectivity index (χ1n) is 7.72. The highest BCUT2D eigenvalue weighted by atomic mass is 79.9. The van der Waals surface area contributed by atoms with Gasteiger partial charge in [0.1, 0.15) is 6.04 Å². The number of pyridine rings is 1. The molecule has 6 heteroatoms. The van der Waals surface area contributed by atoms with E-state index in [1.807, 2.05) is 48.5 Å². The number of rotatable bonds is 5. The molecule has 0 aliphatic carbocycles. The Morgan fingerprint density at radius 2 is 1.92 bits per heavy atom. The van der Waals surface area contributed by atoms with Gasteiger partial charge in [-0.2, -0.15) is 0 Å². The van der Waals surface area contributed by atoms with E-state index in [1.165, 1.54) is 6.20 Å². The van der Waals surface area contributed by atoms with Crippen LogP contribution in [-0.4, -0.2) is 22.8 Å². The maximum Gasteiger partial charge on any atom is 0.253 e. The first-order valence-corrected chi connectivity index (χ1v) is 8.51. The van der Waals surface area contributed by atoms with Crippen LogP contribution < -0.4 is 11.1 Å². The smallest absolute Gasteiger partial charge is 0.253 e. The third-order valence-electron chi connectivity index (χ3n) is 3.83. The van der Waals surface area contributed by atoms with Crippen LogP contribution in [0.25, 0.3) is 10.9 Å². The van der Waals surface area contributed by atoms with Crippen molar-refractivity contribution in [1.82, 2.24) is 10.3 Å². The molecule has 0 saturated heterocycles. The lowest BCUT2D eigenvalue weighted by Gasteiger charge is -2.16. The molecule has 1 aromatic heterocycles. The number of hydrogen-bond acceptors (Lipinski definition) is 3. The van der Waals surface area contributed by atoms with E-state index in [4.69, 9.17) is 5.73 Å². The number of hydrogen-bond donors (Lipinski definition) is 2. The molecule has 3 N–H and O–H groups in total. The van der Waals surface area contributed by atoms with E-state index in [-0.39, 0.29) is 5.91 Å². The van der Waals surface area contributed by atoms with Crippen molar-refractivity contribution < 1.29 is 9.59 Å². The number of primary amides is 1. The molecule has 0 bridgehead atoms. The molecule has 3 rings (SSSR count). The van der Waals surface area contributed by atoms with E-state index in [0.717, 1.165) is 20.9 Å². The van der Waals surface area contributed by atoms with Crippen LogP contribution in [0.4, 0.5) is 0 Å². The summed E-state index contributed by atoms with van der Waals surface area (Å²) in [7, 11) is 0. The Morgan fingerprint density at radius 3 is 2.68 bits per heavy atom. The molecule has 2 aromatic carbocycles. The van der Waals surface area contributed by atoms with Crippen LogP contribution >= 0.6 is 15.9 Å². The molecule has 2 amide bonds. The summed E-state index contributed by atoms with van der Waals surface area (Å²) in [4.78, 5) is 28.5. The average Bonchev–Trinajstić information content (AvgIpc) is 2.60. The molecule has 0 aliphatic rings. The molecule has 0 saturated carbocycles. The van der Waals surface area contributed by atoms with Crippen LogP contribution in [-0.2, 0) is 11.2 Å². The minimum Gasteiger partial charge on any atom is -0.368 e. The van der Waals surface area contributed by atoms with Crippen LogP contribution in [0.1, 0.15) is 15.9 Å². The van der Waals surface area contributed by atoms with Crippen molar-refractivity contribution in [1.29, 1.82) is 0 Å². The summed E-state index contributed by atoms with van der Waals surface area (Å²) in [6, 6.07) is 16.0. The Bertz CT molecular complexity index is 943. The van der Waals surface area contributed by atoms with Gasteiger partial charge in [0.15, 0.2) is 0 Å². The number of para-hydroxylation sites is 1. The predicted molar refractivity (Wildman–Crippen MR) is 100 cm³/mol. The Kier molecular flexibility index (Phi) is 5.09. The number of benzene rings is 2. The molecule has 0 radical (unpaired) electrons. The van der Waals surface area contributed by atoms with Gasteiger partial charge in [-0.1, -0.05) is 46.3 Å². The van der Waals surface area contributed by atoms with E-state index in [2.05, 4.69) is 26.2 Å². The Morgan fingerprint density at radius 1 is 1.12 bits per heavy atom. The van der Waals surface area contributed by atoms with Gasteiger partial charge in [0, 0.05) is 22.5 Å². The highest BCUT2D eigenvalue weighted by Crippen LogP contribution is 2.15. The van der Waals surface area contributed by atoms with E-state index in [1.54, 1.807) is 6.07 Å². The highest BCUT2D eigenvalue weighted by Gasteiger charge is 2.20. The van der Waals surface area contributed by atoms with Crippen molar-refractivity contribution in [2.24, 2.45) is 5.73 Å². The average molecular weight is 398 g/mol. The summed E-state index contributed by atoms with van der Waals surface area (Å²) in [6.07, 6.45) is 1.82. The van der Waals surface area contributed by atoms with Gasteiger partial charge in [0.2, 0.25) is 5.91 Å². The topological polar surface area (TPSA) is 85.1 Å². The zero-order valence-electron chi connectivity index (χ0n) is 13.3. The van der Waals surface area contributed by atoms with Crippen molar-refractivity contribution in [3.8, 4) is 0 Å². The van der Waals surface area contributed by atoms with Gasteiger partial charge in [0.25, 0.3) is 5.91 Å². The number of halogens is 1. The molecule has 126 valence electrons. The van der Waals surface area contributed by atoms with E-state index < -0.39 is 11.9 Å². The standard InChI is InChI=1S/C19H16BrN3O2/c20-15-6-3-4-12(8-15)9-17(18(21)24)23-19(25)14-10-13-5-1-2-7-16(13)22-11-14/h1-8,10-11,17H,9H2,(H2,21,24)(H,23,25)/t17-/m1/s1. The summed E-state index contributed by atoms with van der Waals surface area (Å²) in [5, 5.41) is 3.56. The number of carbonyl (C=O) groups is 2. The molecular weight excluding hydrogens is 382 g/mol. The molecular formula is C19H16BrN3O2. The molecule has 1 heterocycles. The number of carbonyl (C=O) groups excluding carboxylic acids is 2. The van der Waals surface area contributed by atoms with Gasteiger partial charge >= 0.3 is 0 Å². The summed E-state index contributed by atoms with van der Waals surface area (Å²) >= 11 is 3.39. The van der Waals surface area contributed by atoms with Gasteiger partial charge in [-0.25, -0.2) is 0 Å². The molecule has 0 spiro atoms. The summed E-state index contributed by atoms with van der Waals surface area (Å²) < 4.78 is 0.901. The summed E-state index contributed by atoms with van der Waals surface area (Å²) in [5.41, 5.74) is 7.55. The van der Waals surface area contributed by atoms with Crippen LogP contribution in [0.5, 0.6) is 0 Å². The van der Waals surface area contributed by atoms with Crippen molar-refractivity contribution in [2.45, 2.75) is 12.5 Å². The molecule has 1 atom stereocenters. The normalized spacial score (nSPS) is 11.9. The number of nitrogens with zero attached hydrogens (tertiary/aromatic N) is 1. The van der Waals surface area contributed by atoms with Crippen LogP contribution in [0, 0.1) is 0 Å². The van der Waals surface area contributed by atoms with Crippen LogP contribution in [0.2, 0.25) is 0 Å². The third-order valence-corrected chi connectivity index (χ3v) is 4.32. The van der Waals surface area contributed by atoms with Gasteiger partial charge in [-0.3, -0.25) is 14.6 Å². The van der Waals surface area contributed by atoms with Gasteiger partial charge < -0.3 is 11.1 Å². The molecule has 0 unspecified atom stereocenters. The first-order chi connectivity index (χ1) is 12.0. The van der Waals surface area contributed by atoms with E-state index in [9.17, 15) is 9.59 Å². The fourth-order valence-electron chi connectivity index (χ4n) is 2.56. The fourth-order valence-corrected chi connectivity index (χ4v) is 3.01. The quantitative estimate of drug-likeness (QED) is 0.693. The molecule has 25 heavy (non-hydrogen) atoms. The Balaban J connectivity index is 1.78. The number of amides is 2. The number of aromatic nitrogens is 1. The number of nitrogens with one attached hydrogen (secondary N) is 1. The van der Waals surface area contributed by atoms with E-state index >= 15 is 0 Å². The Hall–Kier alpha value is -2.73. The largest absolute Gasteiger partial charge is 0.368 e. The van der Waals surface area contributed by atoms with Gasteiger partial charge in [-0.05, 0) is 29.8 Å². The molecule has 0 aliphatic heterocycles. The van der Waals surface area contributed by atoms with Crippen molar-refractivity contribution in [3.05, 3.63) is 76.4 Å². The lowest BCUT2D eigenvalue weighted by Crippen LogP contribution is -2.45. The molecule has 5 nitrogen and oxygen atoms in total. The SMILES string of the molecule is NC(=O)[C@@H](Cc1cccc(Br)c1)NC(=O)c1cnc2ccccc2c1. The van der Waals surface area contributed by atoms with Crippen LogP contribution in [0.3, 0.4) is 0 Å². The van der Waals surface area contributed by atoms with E-state index in [0.29, 0.717) is 12.0 Å². The lowest BCUT2D eigenvalue weighted by atomic mass is 10.0. The maximum absolute atomic E-state index is 12.5. The summed E-state index contributed by atoms with van der Waals surface area (Å²) in [5.74, 6) is -0.959. The van der Waals surface area contributed by atoms with Gasteiger partial charge in [0.05, 0.1) is 11.1 Å².